The molecule has 0 radical (unpaired) electrons. The zero-order valence-electron chi connectivity index (χ0n) is 31.6. The maximum absolute atomic E-state index is 16.9. The fraction of sp³-hybridized carbons (Fsp3) is 0.561. The molecule has 3 fully saturated rings. The van der Waals surface area contributed by atoms with Gasteiger partial charge in [-0.3, -0.25) is 9.88 Å². The summed E-state index contributed by atoms with van der Waals surface area (Å²) < 4.78 is 34.7. The largest absolute Gasteiger partial charge is 0.460 e. The Morgan fingerprint density at radius 2 is 1.71 bits per heavy atom. The van der Waals surface area contributed by atoms with Gasteiger partial charge in [-0.25, -0.2) is 9.18 Å². The second-order valence-corrected chi connectivity index (χ2v) is 16.3. The number of piperidine rings is 2. The third-order valence-corrected chi connectivity index (χ3v) is 11.1. The monoisotopic (exact) mass is 712 g/mol. The van der Waals surface area contributed by atoms with Crippen LogP contribution in [0.5, 0.6) is 6.01 Å². The number of amides is 1. The summed E-state index contributed by atoms with van der Waals surface area (Å²) in [5.41, 5.74) is 1.60. The number of aryl methyl sites for hydroxylation is 1. The summed E-state index contributed by atoms with van der Waals surface area (Å²) in [6, 6.07) is 12.8. The van der Waals surface area contributed by atoms with Gasteiger partial charge in [0.1, 0.15) is 28.7 Å². The second-order valence-electron chi connectivity index (χ2n) is 16.3. The van der Waals surface area contributed by atoms with E-state index in [-0.39, 0.29) is 34.8 Å². The molecule has 52 heavy (non-hydrogen) atoms. The Morgan fingerprint density at radius 3 is 2.40 bits per heavy atom. The molecule has 278 valence electrons. The Hall–Kier alpha value is -4.09. The Labute approximate surface area is 306 Å². The molecule has 5 heterocycles. The number of hydrogen-bond donors (Lipinski definition) is 0. The van der Waals surface area contributed by atoms with Crippen LogP contribution in [-0.2, 0) is 9.47 Å². The van der Waals surface area contributed by atoms with E-state index < -0.39 is 11.4 Å². The Kier molecular flexibility index (Phi) is 10.3. The highest BCUT2D eigenvalue weighted by Crippen LogP contribution is 2.39. The van der Waals surface area contributed by atoms with Gasteiger partial charge in [-0.05, 0) is 88.0 Å². The minimum atomic E-state index is -0.555. The molecular formula is C41H53FN6O4. The summed E-state index contributed by atoms with van der Waals surface area (Å²) in [7, 11) is 1.80. The second kappa shape index (κ2) is 14.7. The molecule has 1 amide bonds. The van der Waals surface area contributed by atoms with Gasteiger partial charge in [0.2, 0.25) is 0 Å². The van der Waals surface area contributed by atoms with Gasteiger partial charge in [-0.2, -0.15) is 9.97 Å². The molecule has 11 heteroatoms. The van der Waals surface area contributed by atoms with Crippen LogP contribution >= 0.6 is 0 Å². The van der Waals surface area contributed by atoms with Gasteiger partial charge in [-0.15, -0.1) is 0 Å². The zero-order valence-corrected chi connectivity index (χ0v) is 31.6. The lowest BCUT2D eigenvalue weighted by atomic mass is 9.80. The molecule has 0 unspecified atom stereocenters. The van der Waals surface area contributed by atoms with Crippen molar-refractivity contribution in [3.63, 3.8) is 0 Å². The Morgan fingerprint density at radius 1 is 1.02 bits per heavy atom. The van der Waals surface area contributed by atoms with E-state index in [0.29, 0.717) is 36.9 Å². The number of anilines is 1. The molecule has 7 rings (SSSR count). The van der Waals surface area contributed by atoms with Crippen LogP contribution in [0.1, 0.15) is 71.8 Å². The van der Waals surface area contributed by atoms with E-state index >= 15 is 4.39 Å². The smallest absolute Gasteiger partial charge is 0.410 e. The minimum absolute atomic E-state index is 0.0560. The first-order chi connectivity index (χ1) is 24.9. The SMILES string of the molecule is Cc1cccc2cccc(-c3ncc4c(N5CCC(C)(CN(C)C(=O)OC(C)(C)C)CC5)nc(OC5CCN(C6CCOCC6)CC5)nc4c3F)c12. The summed E-state index contributed by atoms with van der Waals surface area (Å²) >= 11 is 0. The zero-order chi connectivity index (χ0) is 36.6. The van der Waals surface area contributed by atoms with E-state index in [1.165, 1.54) is 0 Å². The molecule has 0 bridgehead atoms. The van der Waals surface area contributed by atoms with Gasteiger partial charge >= 0.3 is 12.1 Å². The maximum Gasteiger partial charge on any atom is 0.410 e. The fourth-order valence-corrected chi connectivity index (χ4v) is 8.18. The van der Waals surface area contributed by atoms with Gasteiger partial charge in [0.15, 0.2) is 5.82 Å². The van der Waals surface area contributed by atoms with Crippen LogP contribution in [0.4, 0.5) is 15.0 Å². The number of likely N-dealkylation sites (tertiary alicyclic amines) is 1. The molecule has 2 aromatic carbocycles. The lowest BCUT2D eigenvalue weighted by Crippen LogP contribution is -2.46. The number of halogens is 1. The van der Waals surface area contributed by atoms with Crippen LogP contribution in [0.15, 0.2) is 42.6 Å². The standard InChI is InChI=1S/C41H53FN6O4/c1-27-9-7-10-28-11-8-12-31(33(27)28)35-34(42)36-32(25-43-35)37(48-21-17-41(5,18-22-48)26-46(6)39(49)52-40(2,3)4)45-38(44-36)51-30-13-19-47(20-14-30)29-15-23-50-24-16-29/h7-12,25,29-30H,13-24,26H2,1-6H3. The molecule has 3 aliphatic heterocycles. The normalized spacial score (nSPS) is 19.2. The minimum Gasteiger partial charge on any atom is -0.460 e. The third-order valence-electron chi connectivity index (χ3n) is 11.1. The van der Waals surface area contributed by atoms with Gasteiger partial charge in [0.25, 0.3) is 0 Å². The number of benzene rings is 2. The van der Waals surface area contributed by atoms with Crippen molar-refractivity contribution in [1.29, 1.82) is 0 Å². The first kappa shape index (κ1) is 36.3. The van der Waals surface area contributed by atoms with Crippen molar-refractivity contribution in [3.8, 4) is 17.3 Å². The number of rotatable bonds is 7. The quantitative estimate of drug-likeness (QED) is 0.190. The number of ether oxygens (including phenoxy) is 3. The molecule has 0 spiro atoms. The lowest BCUT2D eigenvalue weighted by molar-refractivity contribution is 0.00876. The molecule has 2 aromatic heterocycles. The molecule has 10 nitrogen and oxygen atoms in total. The number of fused-ring (bicyclic) bond motifs is 2. The first-order valence-corrected chi connectivity index (χ1v) is 18.9. The summed E-state index contributed by atoms with van der Waals surface area (Å²) in [6.45, 7) is 15.4. The third kappa shape index (κ3) is 7.81. The van der Waals surface area contributed by atoms with Crippen molar-refractivity contribution >= 4 is 33.6 Å². The highest BCUT2D eigenvalue weighted by Gasteiger charge is 2.35. The summed E-state index contributed by atoms with van der Waals surface area (Å²) in [5.74, 6) is 0.158. The molecule has 3 saturated heterocycles. The van der Waals surface area contributed by atoms with E-state index in [2.05, 4.69) is 16.7 Å². The van der Waals surface area contributed by atoms with Gasteiger partial charge in [0.05, 0.1) is 5.39 Å². The van der Waals surface area contributed by atoms with Gasteiger partial charge in [-0.1, -0.05) is 43.3 Å². The van der Waals surface area contributed by atoms with Crippen LogP contribution in [0.25, 0.3) is 32.9 Å². The fourth-order valence-electron chi connectivity index (χ4n) is 8.18. The van der Waals surface area contributed by atoms with Crippen LogP contribution in [-0.4, -0.2) is 102 Å². The van der Waals surface area contributed by atoms with Crippen LogP contribution in [0.2, 0.25) is 0 Å². The number of nitrogens with zero attached hydrogens (tertiary/aromatic N) is 6. The Bertz CT molecular complexity index is 1900. The van der Waals surface area contributed by atoms with E-state index in [1.807, 2.05) is 64.1 Å². The van der Waals surface area contributed by atoms with Crippen LogP contribution in [0.3, 0.4) is 0 Å². The van der Waals surface area contributed by atoms with Crippen LogP contribution in [0, 0.1) is 18.2 Å². The molecule has 0 N–H and O–H groups in total. The topological polar surface area (TPSA) is 93.2 Å². The van der Waals surface area contributed by atoms with E-state index in [4.69, 9.17) is 29.2 Å². The summed E-state index contributed by atoms with van der Waals surface area (Å²) in [4.78, 5) is 33.7. The first-order valence-electron chi connectivity index (χ1n) is 18.9. The predicted molar refractivity (Wildman–Crippen MR) is 202 cm³/mol. The Balaban J connectivity index is 1.18. The van der Waals surface area contributed by atoms with E-state index in [9.17, 15) is 4.79 Å². The number of aromatic nitrogens is 3. The maximum atomic E-state index is 16.9. The molecule has 0 atom stereocenters. The van der Waals surface area contributed by atoms with Crippen molar-refractivity contribution < 1.29 is 23.4 Å². The average molecular weight is 713 g/mol. The highest BCUT2D eigenvalue weighted by atomic mass is 19.1. The van der Waals surface area contributed by atoms with Crippen LogP contribution < -0.4 is 9.64 Å². The van der Waals surface area contributed by atoms with Gasteiger partial charge in [0, 0.05) is 70.8 Å². The number of carbonyl (C=O) groups excluding carboxylic acids is 1. The molecular weight excluding hydrogens is 659 g/mol. The van der Waals surface area contributed by atoms with E-state index in [1.54, 1.807) is 18.1 Å². The lowest BCUT2D eigenvalue weighted by Gasteiger charge is -2.42. The summed E-state index contributed by atoms with van der Waals surface area (Å²) in [5, 5.41) is 2.57. The van der Waals surface area contributed by atoms with Crippen molar-refractivity contribution in [2.24, 2.45) is 5.41 Å². The molecule has 0 aliphatic carbocycles. The van der Waals surface area contributed by atoms with E-state index in [0.717, 1.165) is 86.7 Å². The van der Waals surface area contributed by atoms with Crippen molar-refractivity contribution in [2.75, 3.05) is 57.9 Å². The number of carbonyl (C=O) groups is 1. The molecule has 3 aliphatic rings. The van der Waals surface area contributed by atoms with Crippen molar-refractivity contribution in [2.45, 2.75) is 90.9 Å². The molecule has 4 aromatic rings. The average Bonchev–Trinajstić information content (AvgIpc) is 3.12. The van der Waals surface area contributed by atoms with Gasteiger partial charge < -0.3 is 24.0 Å². The predicted octanol–water partition coefficient (Wildman–Crippen LogP) is 7.79. The van der Waals surface area contributed by atoms with Crippen molar-refractivity contribution in [3.05, 3.63) is 54.0 Å². The number of hydrogen-bond acceptors (Lipinski definition) is 9. The highest BCUT2D eigenvalue weighted by molar-refractivity contribution is 6.00. The molecule has 0 saturated carbocycles. The van der Waals surface area contributed by atoms with Crippen molar-refractivity contribution in [1.82, 2.24) is 24.8 Å². The number of pyridine rings is 1. The summed E-state index contributed by atoms with van der Waals surface area (Å²) in [6.07, 6.45) is 6.84.